The van der Waals surface area contributed by atoms with Crippen LogP contribution in [0.5, 0.6) is 0 Å². The average Bonchev–Trinajstić information content (AvgIpc) is 2.86. The van der Waals surface area contributed by atoms with Crippen molar-refractivity contribution < 1.29 is 18.8 Å². The predicted molar refractivity (Wildman–Crippen MR) is 60.7 cm³/mol. The van der Waals surface area contributed by atoms with E-state index in [0.29, 0.717) is 31.4 Å². The number of hydrogen-bond acceptors (Lipinski definition) is 7. The van der Waals surface area contributed by atoms with Gasteiger partial charge < -0.3 is 14.0 Å². The summed E-state index contributed by atoms with van der Waals surface area (Å²) in [4.78, 5) is 17.7. The van der Waals surface area contributed by atoms with Crippen molar-refractivity contribution >= 4 is 5.97 Å². The molecule has 1 aromatic rings. The van der Waals surface area contributed by atoms with Crippen LogP contribution >= 0.6 is 0 Å². The smallest absolute Gasteiger partial charge is 0.336 e. The van der Waals surface area contributed by atoms with Crippen molar-refractivity contribution in [2.45, 2.75) is 26.0 Å². The highest BCUT2D eigenvalue weighted by Crippen LogP contribution is 2.10. The number of aromatic nitrogens is 2. The van der Waals surface area contributed by atoms with Crippen molar-refractivity contribution in [3.8, 4) is 0 Å². The van der Waals surface area contributed by atoms with Crippen LogP contribution in [-0.4, -0.2) is 53.9 Å². The zero-order valence-corrected chi connectivity index (χ0v) is 10.6. The molecule has 2 rings (SSSR count). The SMILES string of the molecule is CCc1noc(CN2CCOC(C(=O)OC)C2)n1. The molecule has 0 spiro atoms. The predicted octanol–water partition coefficient (Wildman–Crippen LogP) is 0.00580. The number of rotatable bonds is 4. The van der Waals surface area contributed by atoms with E-state index in [9.17, 15) is 4.79 Å². The highest BCUT2D eigenvalue weighted by Gasteiger charge is 2.28. The van der Waals surface area contributed by atoms with Crippen molar-refractivity contribution in [3.63, 3.8) is 0 Å². The fourth-order valence-electron chi connectivity index (χ4n) is 1.81. The Labute approximate surface area is 105 Å². The lowest BCUT2D eigenvalue weighted by Crippen LogP contribution is -2.46. The number of carbonyl (C=O) groups excluding carboxylic acids is 1. The average molecular weight is 255 g/mol. The standard InChI is InChI=1S/C11H17N3O4/c1-3-9-12-10(18-13-9)7-14-4-5-17-8(6-14)11(15)16-2/h8H,3-7H2,1-2H3. The van der Waals surface area contributed by atoms with Gasteiger partial charge in [-0.3, -0.25) is 4.90 Å². The molecule has 0 bridgehead atoms. The van der Waals surface area contributed by atoms with Gasteiger partial charge in [-0.05, 0) is 0 Å². The molecule has 7 heteroatoms. The second kappa shape index (κ2) is 5.92. The third-order valence-corrected chi connectivity index (χ3v) is 2.80. The van der Waals surface area contributed by atoms with E-state index >= 15 is 0 Å². The van der Waals surface area contributed by atoms with Crippen LogP contribution in [0.4, 0.5) is 0 Å². The van der Waals surface area contributed by atoms with E-state index in [1.807, 2.05) is 11.8 Å². The second-order valence-electron chi connectivity index (χ2n) is 4.08. The van der Waals surface area contributed by atoms with E-state index in [1.165, 1.54) is 7.11 Å². The molecular formula is C11H17N3O4. The quantitative estimate of drug-likeness (QED) is 0.701. The Hall–Kier alpha value is -1.47. The summed E-state index contributed by atoms with van der Waals surface area (Å²) in [5, 5.41) is 3.83. The van der Waals surface area contributed by atoms with Gasteiger partial charge in [-0.15, -0.1) is 0 Å². The fourth-order valence-corrected chi connectivity index (χ4v) is 1.81. The number of methoxy groups -OCH3 is 1. The zero-order chi connectivity index (χ0) is 13.0. The molecule has 0 aliphatic carbocycles. The molecule has 0 aromatic carbocycles. The van der Waals surface area contributed by atoms with Gasteiger partial charge in [0.2, 0.25) is 5.89 Å². The lowest BCUT2D eigenvalue weighted by molar-refractivity contribution is -0.160. The molecule has 0 amide bonds. The summed E-state index contributed by atoms with van der Waals surface area (Å²) in [5.41, 5.74) is 0. The molecular weight excluding hydrogens is 238 g/mol. The van der Waals surface area contributed by atoms with E-state index in [2.05, 4.69) is 14.9 Å². The van der Waals surface area contributed by atoms with Crippen LogP contribution in [-0.2, 0) is 27.2 Å². The van der Waals surface area contributed by atoms with E-state index in [0.717, 1.165) is 13.0 Å². The van der Waals surface area contributed by atoms with Crippen molar-refractivity contribution in [1.82, 2.24) is 15.0 Å². The summed E-state index contributed by atoms with van der Waals surface area (Å²) in [6.45, 7) is 4.21. The normalized spacial score (nSPS) is 20.9. The van der Waals surface area contributed by atoms with Crippen molar-refractivity contribution in [2.75, 3.05) is 26.8 Å². The van der Waals surface area contributed by atoms with Gasteiger partial charge in [0.15, 0.2) is 11.9 Å². The highest BCUT2D eigenvalue weighted by molar-refractivity contribution is 5.74. The molecule has 1 aliphatic heterocycles. The van der Waals surface area contributed by atoms with Gasteiger partial charge in [-0.1, -0.05) is 12.1 Å². The van der Waals surface area contributed by atoms with Crippen LogP contribution in [0.15, 0.2) is 4.52 Å². The van der Waals surface area contributed by atoms with Gasteiger partial charge in [0.05, 0.1) is 20.3 Å². The van der Waals surface area contributed by atoms with E-state index in [4.69, 9.17) is 9.26 Å². The minimum atomic E-state index is -0.530. The van der Waals surface area contributed by atoms with Crippen molar-refractivity contribution in [1.29, 1.82) is 0 Å². The molecule has 1 unspecified atom stereocenters. The largest absolute Gasteiger partial charge is 0.467 e. The monoisotopic (exact) mass is 255 g/mol. The first kappa shape index (κ1) is 13.0. The van der Waals surface area contributed by atoms with E-state index < -0.39 is 6.10 Å². The molecule has 7 nitrogen and oxygen atoms in total. The fraction of sp³-hybridized carbons (Fsp3) is 0.727. The Balaban J connectivity index is 1.91. The van der Waals surface area contributed by atoms with E-state index in [1.54, 1.807) is 0 Å². The summed E-state index contributed by atoms with van der Waals surface area (Å²) < 4.78 is 15.1. The Morgan fingerprint density at radius 2 is 2.44 bits per heavy atom. The third-order valence-electron chi connectivity index (χ3n) is 2.80. The number of morpholine rings is 1. The van der Waals surface area contributed by atoms with Gasteiger partial charge in [0.25, 0.3) is 0 Å². The zero-order valence-electron chi connectivity index (χ0n) is 10.6. The Kier molecular flexibility index (Phi) is 4.27. The topological polar surface area (TPSA) is 77.7 Å². The molecule has 100 valence electrons. The van der Waals surface area contributed by atoms with Crippen LogP contribution in [0.1, 0.15) is 18.6 Å². The summed E-state index contributed by atoms with van der Waals surface area (Å²) in [5.74, 6) is 0.916. The van der Waals surface area contributed by atoms with Crippen molar-refractivity contribution in [2.24, 2.45) is 0 Å². The lowest BCUT2D eigenvalue weighted by atomic mass is 10.2. The highest BCUT2D eigenvalue weighted by atomic mass is 16.6. The summed E-state index contributed by atoms with van der Waals surface area (Å²) in [6.07, 6.45) is 0.217. The minimum absolute atomic E-state index is 0.348. The van der Waals surface area contributed by atoms with Crippen LogP contribution in [0.2, 0.25) is 0 Å². The number of hydrogen-bond donors (Lipinski definition) is 0. The molecule has 18 heavy (non-hydrogen) atoms. The molecule has 1 aromatic heterocycles. The molecule has 0 radical (unpaired) electrons. The number of ether oxygens (including phenoxy) is 2. The molecule has 1 atom stereocenters. The number of aryl methyl sites for hydroxylation is 1. The minimum Gasteiger partial charge on any atom is -0.467 e. The summed E-state index contributed by atoms with van der Waals surface area (Å²) in [7, 11) is 1.36. The summed E-state index contributed by atoms with van der Waals surface area (Å²) >= 11 is 0. The van der Waals surface area contributed by atoms with Crippen molar-refractivity contribution in [3.05, 3.63) is 11.7 Å². The van der Waals surface area contributed by atoms with Gasteiger partial charge in [-0.25, -0.2) is 4.79 Å². The van der Waals surface area contributed by atoms with Crippen LogP contribution < -0.4 is 0 Å². The lowest BCUT2D eigenvalue weighted by Gasteiger charge is -2.30. The molecule has 1 aliphatic rings. The summed E-state index contributed by atoms with van der Waals surface area (Å²) in [6, 6.07) is 0. The Morgan fingerprint density at radius 1 is 1.61 bits per heavy atom. The Morgan fingerprint density at radius 3 is 3.11 bits per heavy atom. The molecule has 1 fully saturated rings. The van der Waals surface area contributed by atoms with Gasteiger partial charge in [0, 0.05) is 19.5 Å². The van der Waals surface area contributed by atoms with Crippen LogP contribution in [0.25, 0.3) is 0 Å². The van der Waals surface area contributed by atoms with E-state index in [-0.39, 0.29) is 5.97 Å². The second-order valence-corrected chi connectivity index (χ2v) is 4.08. The van der Waals surface area contributed by atoms with Crippen LogP contribution in [0, 0.1) is 0 Å². The Bertz CT molecular complexity index is 407. The molecule has 0 N–H and O–H groups in total. The number of esters is 1. The number of nitrogens with zero attached hydrogens (tertiary/aromatic N) is 3. The molecule has 1 saturated heterocycles. The molecule has 0 saturated carbocycles. The maximum Gasteiger partial charge on any atom is 0.336 e. The first-order chi connectivity index (χ1) is 8.72. The van der Waals surface area contributed by atoms with Gasteiger partial charge >= 0.3 is 5.97 Å². The van der Waals surface area contributed by atoms with Gasteiger partial charge in [-0.2, -0.15) is 4.98 Å². The third kappa shape index (κ3) is 3.05. The maximum absolute atomic E-state index is 11.4. The maximum atomic E-state index is 11.4. The molecule has 2 heterocycles. The van der Waals surface area contributed by atoms with Gasteiger partial charge in [0.1, 0.15) is 0 Å². The first-order valence-electron chi connectivity index (χ1n) is 5.96. The first-order valence-corrected chi connectivity index (χ1v) is 5.96. The van der Waals surface area contributed by atoms with Crippen LogP contribution in [0.3, 0.4) is 0 Å². The number of carbonyl (C=O) groups is 1.